The Morgan fingerprint density at radius 3 is 2.56 bits per heavy atom. The molecule has 1 N–H and O–H groups in total. The molecule has 1 aromatic rings. The maximum Gasteiger partial charge on any atom is 0.175 e. The van der Waals surface area contributed by atoms with Gasteiger partial charge in [0.05, 0.1) is 30.9 Å². The minimum atomic E-state index is 0. The monoisotopic (exact) mass is 486 g/mol. The summed E-state index contributed by atoms with van der Waals surface area (Å²) in [6, 6.07) is 4.19. The Hall–Kier alpha value is -0.240. The molecule has 0 radical (unpaired) electrons. The Morgan fingerprint density at radius 2 is 1.89 bits per heavy atom. The molecule has 1 saturated heterocycles. The zero-order valence-electron chi connectivity index (χ0n) is 16.3. The molecule has 27 heavy (non-hydrogen) atoms. The smallest absolute Gasteiger partial charge is 0.175 e. The second-order valence-corrected chi connectivity index (χ2v) is 7.03. The van der Waals surface area contributed by atoms with Gasteiger partial charge in [-0.25, -0.2) is 0 Å². The fourth-order valence-corrected chi connectivity index (χ4v) is 3.42. The van der Waals surface area contributed by atoms with Crippen LogP contribution in [0.4, 0.5) is 0 Å². The van der Waals surface area contributed by atoms with E-state index in [1.54, 1.807) is 0 Å². The van der Waals surface area contributed by atoms with Crippen molar-refractivity contribution in [3.63, 3.8) is 0 Å². The molecule has 158 valence electrons. The third kappa shape index (κ3) is 9.68. The van der Waals surface area contributed by atoms with E-state index in [0.29, 0.717) is 13.2 Å². The second-order valence-electron chi connectivity index (χ2n) is 6.17. The molecule has 0 bridgehead atoms. The second kappa shape index (κ2) is 15.7. The number of hydrogen-bond donors (Lipinski definition) is 1. The highest BCUT2D eigenvalue weighted by Gasteiger charge is 2.12. The van der Waals surface area contributed by atoms with Crippen molar-refractivity contribution in [1.82, 2.24) is 10.2 Å². The summed E-state index contributed by atoms with van der Waals surface area (Å²) in [6.07, 6.45) is 2.13. The van der Waals surface area contributed by atoms with Gasteiger partial charge in [0.15, 0.2) is 11.5 Å². The highest BCUT2D eigenvalue weighted by Crippen LogP contribution is 2.37. The molecule has 0 aromatic heterocycles. The summed E-state index contributed by atoms with van der Waals surface area (Å²) in [5.41, 5.74) is 1.20. The van der Waals surface area contributed by atoms with Gasteiger partial charge in [-0.05, 0) is 66.5 Å². The molecule has 1 aliphatic heterocycles. The predicted octanol–water partition coefficient (Wildman–Crippen LogP) is 4.29. The summed E-state index contributed by atoms with van der Waals surface area (Å²) in [7, 11) is 0. The van der Waals surface area contributed by atoms with Gasteiger partial charge in [0.2, 0.25) is 0 Å². The molecule has 0 spiro atoms. The van der Waals surface area contributed by atoms with Gasteiger partial charge in [0, 0.05) is 19.6 Å². The van der Waals surface area contributed by atoms with E-state index >= 15 is 0 Å². The van der Waals surface area contributed by atoms with Crippen molar-refractivity contribution in [3.8, 4) is 11.5 Å². The van der Waals surface area contributed by atoms with Gasteiger partial charge >= 0.3 is 0 Å². The van der Waals surface area contributed by atoms with Gasteiger partial charge in [0.25, 0.3) is 0 Å². The van der Waals surface area contributed by atoms with Crippen molar-refractivity contribution in [2.75, 3.05) is 52.6 Å². The quantitative estimate of drug-likeness (QED) is 0.471. The Bertz CT molecular complexity index is 518. The number of benzene rings is 1. The molecule has 1 aromatic carbocycles. The van der Waals surface area contributed by atoms with Gasteiger partial charge in [-0.1, -0.05) is 6.92 Å². The Morgan fingerprint density at radius 1 is 1.15 bits per heavy atom. The predicted molar refractivity (Wildman–Crippen MR) is 119 cm³/mol. The minimum Gasteiger partial charge on any atom is -0.490 e. The number of rotatable bonds is 11. The number of hydrogen-bond acceptors (Lipinski definition) is 5. The Labute approximate surface area is 184 Å². The molecule has 1 heterocycles. The number of nitrogens with zero attached hydrogens (tertiary/aromatic N) is 1. The molecule has 5 nitrogen and oxygen atoms in total. The summed E-state index contributed by atoms with van der Waals surface area (Å²) in [5.74, 6) is 1.62. The zero-order valence-corrected chi connectivity index (χ0v) is 19.5. The van der Waals surface area contributed by atoms with Crippen molar-refractivity contribution in [2.45, 2.75) is 33.2 Å². The number of halogens is 3. The third-order valence-corrected chi connectivity index (χ3v) is 4.67. The summed E-state index contributed by atoms with van der Waals surface area (Å²) in [6.45, 7) is 12.2. The fraction of sp³-hybridized carbons (Fsp3) is 0.684. The molecular formula is C19H33BrCl2N2O3. The van der Waals surface area contributed by atoms with Gasteiger partial charge in [-0.3, -0.25) is 4.90 Å². The lowest BCUT2D eigenvalue weighted by Gasteiger charge is -2.26. The first-order chi connectivity index (χ1) is 12.2. The van der Waals surface area contributed by atoms with E-state index in [-0.39, 0.29) is 24.8 Å². The van der Waals surface area contributed by atoms with E-state index in [2.05, 4.69) is 45.2 Å². The maximum absolute atomic E-state index is 5.83. The van der Waals surface area contributed by atoms with Crippen LogP contribution in [0.2, 0.25) is 0 Å². The van der Waals surface area contributed by atoms with Crippen molar-refractivity contribution < 1.29 is 14.2 Å². The lowest BCUT2D eigenvalue weighted by Crippen LogP contribution is -2.37. The highest BCUT2D eigenvalue weighted by atomic mass is 79.9. The van der Waals surface area contributed by atoms with Crippen molar-refractivity contribution in [1.29, 1.82) is 0 Å². The summed E-state index contributed by atoms with van der Waals surface area (Å²) >= 11 is 3.62. The first kappa shape index (κ1) is 26.8. The van der Waals surface area contributed by atoms with Crippen LogP contribution in [-0.2, 0) is 11.3 Å². The van der Waals surface area contributed by atoms with E-state index in [4.69, 9.17) is 14.2 Å². The number of morpholine rings is 1. The van der Waals surface area contributed by atoms with Crippen LogP contribution >= 0.6 is 40.7 Å². The lowest BCUT2D eigenvalue weighted by atomic mass is 10.2. The van der Waals surface area contributed by atoms with Crippen molar-refractivity contribution >= 4 is 40.7 Å². The van der Waals surface area contributed by atoms with Crippen molar-refractivity contribution in [3.05, 3.63) is 22.2 Å². The Kier molecular flexibility index (Phi) is 15.5. The van der Waals surface area contributed by atoms with Crippen LogP contribution in [0.5, 0.6) is 11.5 Å². The van der Waals surface area contributed by atoms with Crippen molar-refractivity contribution in [2.24, 2.45) is 0 Å². The third-order valence-electron chi connectivity index (χ3n) is 4.08. The van der Waals surface area contributed by atoms with Crippen LogP contribution in [0, 0.1) is 0 Å². The van der Waals surface area contributed by atoms with Gasteiger partial charge in [0.1, 0.15) is 0 Å². The van der Waals surface area contributed by atoms with Crippen LogP contribution < -0.4 is 14.8 Å². The summed E-state index contributed by atoms with van der Waals surface area (Å²) in [4.78, 5) is 2.47. The summed E-state index contributed by atoms with van der Waals surface area (Å²) < 4.78 is 17.9. The molecule has 1 aliphatic rings. The molecule has 0 atom stereocenters. The van der Waals surface area contributed by atoms with Gasteiger partial charge in [-0.15, -0.1) is 24.8 Å². The standard InChI is InChI=1S/C19H31BrN2O3.2ClH/c1-3-10-25-19-17(20)13-16(14-18(19)24-4-2)15-21-6-5-7-22-8-11-23-12-9-22;;/h13-14,21H,3-12,15H2,1-2H3;2*1H. The molecule has 0 saturated carbocycles. The van der Waals surface area contributed by atoms with Crippen LogP contribution in [0.3, 0.4) is 0 Å². The fourth-order valence-electron chi connectivity index (χ4n) is 2.82. The van der Waals surface area contributed by atoms with Crippen LogP contribution in [0.1, 0.15) is 32.3 Å². The van der Waals surface area contributed by atoms with Crippen LogP contribution in [0.25, 0.3) is 0 Å². The Balaban J connectivity index is 0.00000338. The summed E-state index contributed by atoms with van der Waals surface area (Å²) in [5, 5.41) is 3.53. The number of ether oxygens (including phenoxy) is 3. The first-order valence-electron chi connectivity index (χ1n) is 9.33. The van der Waals surface area contributed by atoms with Crippen LogP contribution in [0.15, 0.2) is 16.6 Å². The SMILES string of the molecule is CCCOc1c(Br)cc(CNCCCN2CCOCC2)cc1OCC.Cl.Cl. The van der Waals surface area contributed by atoms with Gasteiger partial charge in [-0.2, -0.15) is 0 Å². The van der Waals surface area contributed by atoms with E-state index in [0.717, 1.165) is 74.8 Å². The molecule has 0 aliphatic carbocycles. The normalized spacial score (nSPS) is 14.2. The molecule has 1 fully saturated rings. The molecule has 2 rings (SSSR count). The maximum atomic E-state index is 5.83. The minimum absolute atomic E-state index is 0. The van der Waals surface area contributed by atoms with E-state index in [9.17, 15) is 0 Å². The topological polar surface area (TPSA) is 43.0 Å². The van der Waals surface area contributed by atoms with E-state index in [1.807, 2.05) is 6.92 Å². The van der Waals surface area contributed by atoms with Crippen LogP contribution in [-0.4, -0.2) is 57.5 Å². The van der Waals surface area contributed by atoms with E-state index in [1.165, 1.54) is 5.56 Å². The molecule has 8 heteroatoms. The zero-order chi connectivity index (χ0) is 17.9. The van der Waals surface area contributed by atoms with Gasteiger partial charge < -0.3 is 19.5 Å². The average molecular weight is 488 g/mol. The number of nitrogens with one attached hydrogen (secondary N) is 1. The average Bonchev–Trinajstić information content (AvgIpc) is 2.62. The largest absolute Gasteiger partial charge is 0.490 e. The molecule has 0 unspecified atom stereocenters. The first-order valence-corrected chi connectivity index (χ1v) is 10.1. The molecule has 0 amide bonds. The molecular weight excluding hydrogens is 455 g/mol. The van der Waals surface area contributed by atoms with E-state index < -0.39 is 0 Å². The lowest BCUT2D eigenvalue weighted by molar-refractivity contribution is 0.0374. The highest BCUT2D eigenvalue weighted by molar-refractivity contribution is 9.10.